The summed E-state index contributed by atoms with van der Waals surface area (Å²) >= 11 is 0. The number of nitrogens with zero attached hydrogens (tertiary/aromatic N) is 2. The van der Waals surface area contributed by atoms with Crippen molar-refractivity contribution in [2.45, 2.75) is 44.6 Å². The Labute approximate surface area is 85.3 Å². The number of hydrogen-bond donors (Lipinski definition) is 1. The zero-order valence-corrected chi connectivity index (χ0v) is 8.87. The first-order chi connectivity index (χ1) is 6.83. The molecule has 1 heterocycles. The molecule has 14 heavy (non-hydrogen) atoms. The normalized spacial score (nSPS) is 18.7. The highest BCUT2D eigenvalue weighted by Crippen LogP contribution is 2.33. The molecule has 1 fully saturated rings. The lowest BCUT2D eigenvalue weighted by Gasteiger charge is -2.21. The smallest absolute Gasteiger partial charge is 0.0551 e. The molecular formula is C11H19N3. The summed E-state index contributed by atoms with van der Waals surface area (Å²) in [4.78, 5) is 0. The Morgan fingerprint density at radius 2 is 2.14 bits per heavy atom. The zero-order chi connectivity index (χ0) is 9.97. The van der Waals surface area contributed by atoms with Gasteiger partial charge >= 0.3 is 0 Å². The van der Waals surface area contributed by atoms with Crippen molar-refractivity contribution in [3.63, 3.8) is 0 Å². The van der Waals surface area contributed by atoms with Gasteiger partial charge in [0.05, 0.1) is 11.9 Å². The van der Waals surface area contributed by atoms with Crippen molar-refractivity contribution in [3.8, 4) is 0 Å². The van der Waals surface area contributed by atoms with Gasteiger partial charge in [0.15, 0.2) is 0 Å². The molecule has 0 aromatic carbocycles. The van der Waals surface area contributed by atoms with Crippen LogP contribution in [-0.2, 0) is 13.6 Å². The van der Waals surface area contributed by atoms with Gasteiger partial charge in [-0.2, -0.15) is 5.10 Å². The van der Waals surface area contributed by atoms with E-state index in [9.17, 15) is 0 Å². The predicted molar refractivity (Wildman–Crippen MR) is 56.9 cm³/mol. The molecule has 78 valence electrons. The fourth-order valence-electron chi connectivity index (χ4n) is 2.48. The first-order valence-electron chi connectivity index (χ1n) is 5.53. The van der Waals surface area contributed by atoms with Gasteiger partial charge in [-0.15, -0.1) is 0 Å². The highest BCUT2D eigenvalue weighted by molar-refractivity contribution is 5.22. The van der Waals surface area contributed by atoms with E-state index in [4.69, 9.17) is 5.73 Å². The highest BCUT2D eigenvalue weighted by Gasteiger charge is 2.20. The van der Waals surface area contributed by atoms with Gasteiger partial charge in [0.2, 0.25) is 0 Å². The summed E-state index contributed by atoms with van der Waals surface area (Å²) in [6.07, 6.45) is 8.78. The second kappa shape index (κ2) is 4.13. The van der Waals surface area contributed by atoms with Gasteiger partial charge in [-0.1, -0.05) is 19.3 Å². The minimum Gasteiger partial charge on any atom is -0.325 e. The van der Waals surface area contributed by atoms with Crippen LogP contribution in [0.1, 0.15) is 49.3 Å². The van der Waals surface area contributed by atoms with Gasteiger partial charge in [0.25, 0.3) is 0 Å². The van der Waals surface area contributed by atoms with Crippen LogP contribution in [0.2, 0.25) is 0 Å². The molecule has 2 N–H and O–H groups in total. The minimum atomic E-state index is 0.613. The Morgan fingerprint density at radius 1 is 1.43 bits per heavy atom. The molecule has 0 aliphatic heterocycles. The predicted octanol–water partition coefficient (Wildman–Crippen LogP) is 1.93. The number of hydrogen-bond acceptors (Lipinski definition) is 2. The third-order valence-electron chi connectivity index (χ3n) is 3.33. The van der Waals surface area contributed by atoms with Crippen LogP contribution < -0.4 is 5.73 Å². The van der Waals surface area contributed by atoms with E-state index in [1.54, 1.807) is 0 Å². The van der Waals surface area contributed by atoms with Crippen molar-refractivity contribution in [1.29, 1.82) is 0 Å². The molecule has 1 saturated carbocycles. The lowest BCUT2D eigenvalue weighted by atomic mass is 9.84. The van der Waals surface area contributed by atoms with Gasteiger partial charge < -0.3 is 5.73 Å². The van der Waals surface area contributed by atoms with E-state index in [-0.39, 0.29) is 0 Å². The van der Waals surface area contributed by atoms with E-state index in [2.05, 4.69) is 5.10 Å². The van der Waals surface area contributed by atoms with E-state index in [0.717, 1.165) is 5.92 Å². The monoisotopic (exact) mass is 193 g/mol. The molecule has 0 radical (unpaired) electrons. The summed E-state index contributed by atoms with van der Waals surface area (Å²) in [5.41, 5.74) is 8.36. The molecule has 0 amide bonds. The van der Waals surface area contributed by atoms with E-state index < -0.39 is 0 Å². The standard InChI is InChI=1S/C11H19N3/c1-14-11(7-12)10(8-13-14)9-5-3-2-4-6-9/h8-9H,2-7,12H2,1H3. The van der Waals surface area contributed by atoms with Crippen LogP contribution in [0.4, 0.5) is 0 Å². The number of aryl methyl sites for hydroxylation is 1. The maximum atomic E-state index is 5.74. The SMILES string of the molecule is Cn1ncc(C2CCCCC2)c1CN. The Kier molecular flexibility index (Phi) is 2.87. The second-order valence-corrected chi connectivity index (χ2v) is 4.21. The van der Waals surface area contributed by atoms with Gasteiger partial charge in [-0.3, -0.25) is 4.68 Å². The van der Waals surface area contributed by atoms with Crippen LogP contribution >= 0.6 is 0 Å². The first kappa shape index (κ1) is 9.71. The van der Waals surface area contributed by atoms with Crippen LogP contribution in [0.25, 0.3) is 0 Å². The largest absolute Gasteiger partial charge is 0.325 e. The summed E-state index contributed by atoms with van der Waals surface area (Å²) in [5, 5.41) is 4.30. The van der Waals surface area contributed by atoms with Crippen molar-refractivity contribution in [3.05, 3.63) is 17.5 Å². The highest BCUT2D eigenvalue weighted by atomic mass is 15.3. The van der Waals surface area contributed by atoms with Gasteiger partial charge in [-0.25, -0.2) is 0 Å². The molecule has 0 bridgehead atoms. The van der Waals surface area contributed by atoms with Gasteiger partial charge in [0.1, 0.15) is 0 Å². The maximum Gasteiger partial charge on any atom is 0.0551 e. The quantitative estimate of drug-likeness (QED) is 0.780. The number of nitrogens with two attached hydrogens (primary N) is 1. The molecule has 1 aromatic rings. The average Bonchev–Trinajstić information content (AvgIpc) is 2.61. The number of aromatic nitrogens is 2. The molecule has 0 saturated heterocycles. The third kappa shape index (κ3) is 1.69. The molecular weight excluding hydrogens is 174 g/mol. The molecule has 2 rings (SSSR count). The lowest BCUT2D eigenvalue weighted by Crippen LogP contribution is -2.11. The molecule has 1 aromatic heterocycles. The Bertz CT molecular complexity index is 297. The van der Waals surface area contributed by atoms with Crippen molar-refractivity contribution >= 4 is 0 Å². The van der Waals surface area contributed by atoms with E-state index in [1.165, 1.54) is 43.4 Å². The van der Waals surface area contributed by atoms with Crippen molar-refractivity contribution in [2.75, 3.05) is 0 Å². The zero-order valence-electron chi connectivity index (χ0n) is 8.87. The van der Waals surface area contributed by atoms with Crippen LogP contribution in [0, 0.1) is 0 Å². The number of rotatable bonds is 2. The summed E-state index contributed by atoms with van der Waals surface area (Å²) in [7, 11) is 1.98. The fourth-order valence-corrected chi connectivity index (χ4v) is 2.48. The van der Waals surface area contributed by atoms with E-state index >= 15 is 0 Å². The summed E-state index contributed by atoms with van der Waals surface area (Å²) < 4.78 is 1.92. The summed E-state index contributed by atoms with van der Waals surface area (Å²) in [6.45, 7) is 0.613. The molecule has 1 aliphatic carbocycles. The Balaban J connectivity index is 2.21. The van der Waals surface area contributed by atoms with Gasteiger partial charge in [0, 0.05) is 13.6 Å². The van der Waals surface area contributed by atoms with E-state index in [1.807, 2.05) is 17.9 Å². The topological polar surface area (TPSA) is 43.8 Å². The average molecular weight is 193 g/mol. The fraction of sp³-hybridized carbons (Fsp3) is 0.727. The van der Waals surface area contributed by atoms with Crippen LogP contribution in [0.3, 0.4) is 0 Å². The molecule has 0 unspecified atom stereocenters. The lowest BCUT2D eigenvalue weighted by molar-refractivity contribution is 0.441. The van der Waals surface area contributed by atoms with Gasteiger partial charge in [-0.05, 0) is 24.3 Å². The summed E-state index contributed by atoms with van der Waals surface area (Å²) in [5.74, 6) is 0.719. The van der Waals surface area contributed by atoms with Crippen LogP contribution in [0.5, 0.6) is 0 Å². The second-order valence-electron chi connectivity index (χ2n) is 4.21. The van der Waals surface area contributed by atoms with Crippen LogP contribution in [-0.4, -0.2) is 9.78 Å². The molecule has 0 spiro atoms. The third-order valence-corrected chi connectivity index (χ3v) is 3.33. The first-order valence-corrected chi connectivity index (χ1v) is 5.53. The van der Waals surface area contributed by atoms with Crippen LogP contribution in [0.15, 0.2) is 6.20 Å². The van der Waals surface area contributed by atoms with E-state index in [0.29, 0.717) is 6.54 Å². The van der Waals surface area contributed by atoms with Crippen molar-refractivity contribution in [1.82, 2.24) is 9.78 Å². The maximum absolute atomic E-state index is 5.74. The van der Waals surface area contributed by atoms with Crippen molar-refractivity contribution in [2.24, 2.45) is 12.8 Å². The molecule has 3 heteroatoms. The molecule has 0 atom stereocenters. The van der Waals surface area contributed by atoms with Crippen molar-refractivity contribution < 1.29 is 0 Å². The molecule has 1 aliphatic rings. The Hall–Kier alpha value is -0.830. The molecule has 3 nitrogen and oxygen atoms in total. The Morgan fingerprint density at radius 3 is 2.79 bits per heavy atom. The minimum absolute atomic E-state index is 0.613. The summed E-state index contributed by atoms with van der Waals surface area (Å²) in [6, 6.07) is 0.